The third kappa shape index (κ3) is 2.04. The van der Waals surface area contributed by atoms with Crippen LogP contribution in [0.4, 0.5) is 5.82 Å². The van der Waals surface area contributed by atoms with Gasteiger partial charge >= 0.3 is 5.97 Å². The smallest absolute Gasteiger partial charge is 0.337 e. The first-order valence-electron chi connectivity index (χ1n) is 5.48. The molecule has 0 radical (unpaired) electrons. The molecule has 3 rings (SSSR count). The van der Waals surface area contributed by atoms with Gasteiger partial charge in [0.1, 0.15) is 5.82 Å². The van der Waals surface area contributed by atoms with E-state index in [9.17, 15) is 4.79 Å². The zero-order valence-corrected chi connectivity index (χ0v) is 9.05. The lowest BCUT2D eigenvalue weighted by molar-refractivity contribution is 0.0696. The van der Waals surface area contributed by atoms with Gasteiger partial charge in [0.15, 0.2) is 0 Å². The summed E-state index contributed by atoms with van der Waals surface area (Å²) >= 11 is 0. The molecule has 2 heterocycles. The van der Waals surface area contributed by atoms with Gasteiger partial charge in [0, 0.05) is 29.9 Å². The Bertz CT molecular complexity index is 593. The molecule has 2 aromatic rings. The van der Waals surface area contributed by atoms with Crippen LogP contribution >= 0.6 is 0 Å². The van der Waals surface area contributed by atoms with Crippen LogP contribution in [0.2, 0.25) is 0 Å². The number of nitrogens with one attached hydrogen (secondary N) is 1. The lowest BCUT2D eigenvalue weighted by Crippen LogP contribution is -2.03. The fraction of sp³-hybridized carbons (Fsp3) is 0.250. The molecule has 1 aliphatic carbocycles. The first-order chi connectivity index (χ1) is 8.22. The molecule has 0 unspecified atom stereocenters. The number of rotatable bonds is 3. The zero-order chi connectivity index (χ0) is 11.8. The van der Waals surface area contributed by atoms with Crippen molar-refractivity contribution in [3.05, 3.63) is 30.1 Å². The van der Waals surface area contributed by atoms with Gasteiger partial charge in [-0.1, -0.05) is 0 Å². The minimum absolute atomic E-state index is 0.183. The van der Waals surface area contributed by atoms with E-state index in [-0.39, 0.29) is 5.56 Å². The Morgan fingerprint density at radius 2 is 2.12 bits per heavy atom. The van der Waals surface area contributed by atoms with Gasteiger partial charge in [0.25, 0.3) is 0 Å². The zero-order valence-electron chi connectivity index (χ0n) is 9.05. The van der Waals surface area contributed by atoms with E-state index in [4.69, 9.17) is 5.11 Å². The van der Waals surface area contributed by atoms with E-state index in [1.807, 2.05) is 6.07 Å². The monoisotopic (exact) mass is 229 g/mol. The highest BCUT2D eigenvalue weighted by Crippen LogP contribution is 2.24. The molecule has 1 saturated carbocycles. The normalized spacial score (nSPS) is 14.8. The van der Waals surface area contributed by atoms with Crippen LogP contribution in [-0.4, -0.2) is 27.1 Å². The highest BCUT2D eigenvalue weighted by Gasteiger charge is 2.21. The maximum Gasteiger partial charge on any atom is 0.337 e. The molecule has 5 heteroatoms. The second kappa shape index (κ2) is 3.69. The molecule has 86 valence electrons. The first kappa shape index (κ1) is 10.0. The van der Waals surface area contributed by atoms with Crippen molar-refractivity contribution in [2.45, 2.75) is 18.9 Å². The predicted octanol–water partition coefficient (Wildman–Crippen LogP) is 1.90. The van der Waals surface area contributed by atoms with Crippen molar-refractivity contribution >= 4 is 22.7 Å². The molecule has 0 spiro atoms. The van der Waals surface area contributed by atoms with Crippen molar-refractivity contribution in [2.75, 3.05) is 5.32 Å². The number of nitrogens with zero attached hydrogens (tertiary/aromatic N) is 2. The Morgan fingerprint density at radius 3 is 2.82 bits per heavy atom. The number of hydrogen-bond donors (Lipinski definition) is 2. The van der Waals surface area contributed by atoms with E-state index in [2.05, 4.69) is 15.3 Å². The summed E-state index contributed by atoms with van der Waals surface area (Å²) in [7, 11) is 0. The maximum atomic E-state index is 10.8. The molecular weight excluding hydrogens is 218 g/mol. The van der Waals surface area contributed by atoms with Gasteiger partial charge in [0.2, 0.25) is 0 Å². The van der Waals surface area contributed by atoms with Crippen LogP contribution in [-0.2, 0) is 0 Å². The van der Waals surface area contributed by atoms with Gasteiger partial charge < -0.3 is 10.4 Å². The van der Waals surface area contributed by atoms with Crippen molar-refractivity contribution in [1.29, 1.82) is 0 Å². The summed E-state index contributed by atoms with van der Waals surface area (Å²) in [4.78, 5) is 19.2. The van der Waals surface area contributed by atoms with Crippen LogP contribution in [0.15, 0.2) is 24.5 Å². The number of carbonyl (C=O) groups is 1. The Kier molecular flexibility index (Phi) is 2.18. The standard InChI is InChI=1S/C12H11N3O2/c16-12(17)8-3-7-5-14-11(15-9-1-2-9)4-10(7)13-6-8/h3-6,9H,1-2H2,(H,14,15)(H,16,17). The molecule has 0 amide bonds. The van der Waals surface area contributed by atoms with Crippen LogP contribution in [0.3, 0.4) is 0 Å². The van der Waals surface area contributed by atoms with Gasteiger partial charge in [-0.3, -0.25) is 4.98 Å². The van der Waals surface area contributed by atoms with E-state index < -0.39 is 5.97 Å². The number of carboxylic acid groups (broad SMARTS) is 1. The minimum atomic E-state index is -0.973. The Balaban J connectivity index is 1.99. The lowest BCUT2D eigenvalue weighted by Gasteiger charge is -2.04. The van der Waals surface area contributed by atoms with Crippen molar-refractivity contribution in [2.24, 2.45) is 0 Å². The maximum absolute atomic E-state index is 10.8. The van der Waals surface area contributed by atoms with E-state index >= 15 is 0 Å². The Labute approximate surface area is 97.5 Å². The van der Waals surface area contributed by atoms with Crippen molar-refractivity contribution in [1.82, 2.24) is 9.97 Å². The molecule has 2 aromatic heterocycles. The summed E-state index contributed by atoms with van der Waals surface area (Å²) in [6.45, 7) is 0. The van der Waals surface area contributed by atoms with Gasteiger partial charge in [0.05, 0.1) is 11.1 Å². The number of anilines is 1. The Hall–Kier alpha value is -2.17. The third-order valence-corrected chi connectivity index (χ3v) is 2.74. The van der Waals surface area contributed by atoms with Crippen molar-refractivity contribution in [3.63, 3.8) is 0 Å². The summed E-state index contributed by atoms with van der Waals surface area (Å²) in [5.41, 5.74) is 0.940. The highest BCUT2D eigenvalue weighted by atomic mass is 16.4. The van der Waals surface area contributed by atoms with E-state index in [0.29, 0.717) is 6.04 Å². The van der Waals surface area contributed by atoms with Gasteiger partial charge in [-0.05, 0) is 18.9 Å². The number of pyridine rings is 2. The minimum Gasteiger partial charge on any atom is -0.478 e. The molecule has 0 saturated heterocycles. The highest BCUT2D eigenvalue weighted by molar-refractivity contribution is 5.92. The molecule has 0 bridgehead atoms. The molecule has 0 atom stereocenters. The van der Waals surface area contributed by atoms with Crippen molar-refractivity contribution in [3.8, 4) is 0 Å². The fourth-order valence-electron chi connectivity index (χ4n) is 1.65. The first-order valence-corrected chi connectivity index (χ1v) is 5.48. The van der Waals surface area contributed by atoms with Gasteiger partial charge in [-0.2, -0.15) is 0 Å². The second-order valence-electron chi connectivity index (χ2n) is 4.21. The molecule has 5 nitrogen and oxygen atoms in total. The fourth-order valence-corrected chi connectivity index (χ4v) is 1.65. The molecule has 2 N–H and O–H groups in total. The molecular formula is C12H11N3O2. The summed E-state index contributed by atoms with van der Waals surface area (Å²) in [6.07, 6.45) is 5.39. The van der Waals surface area contributed by atoms with Crippen LogP contribution in [0.25, 0.3) is 10.9 Å². The summed E-state index contributed by atoms with van der Waals surface area (Å²) in [6, 6.07) is 3.97. The average molecular weight is 229 g/mol. The summed E-state index contributed by atoms with van der Waals surface area (Å²) in [5.74, 6) is -0.171. The van der Waals surface area contributed by atoms with E-state index in [0.717, 1.165) is 16.7 Å². The number of aromatic carboxylic acids is 1. The Morgan fingerprint density at radius 1 is 1.29 bits per heavy atom. The second-order valence-corrected chi connectivity index (χ2v) is 4.21. The number of hydrogen-bond acceptors (Lipinski definition) is 4. The van der Waals surface area contributed by atoms with E-state index in [1.165, 1.54) is 19.0 Å². The summed E-state index contributed by atoms with van der Waals surface area (Å²) in [5, 5.41) is 12.9. The number of carboxylic acids is 1. The largest absolute Gasteiger partial charge is 0.478 e. The van der Waals surface area contributed by atoms with Crippen LogP contribution in [0, 0.1) is 0 Å². The quantitative estimate of drug-likeness (QED) is 0.840. The van der Waals surface area contributed by atoms with Crippen molar-refractivity contribution < 1.29 is 9.90 Å². The summed E-state index contributed by atoms with van der Waals surface area (Å²) < 4.78 is 0. The lowest BCUT2D eigenvalue weighted by atomic mass is 10.2. The van der Waals surface area contributed by atoms with Gasteiger partial charge in [-0.25, -0.2) is 9.78 Å². The predicted molar refractivity (Wildman–Crippen MR) is 63.1 cm³/mol. The number of aromatic nitrogens is 2. The molecule has 1 fully saturated rings. The van der Waals surface area contributed by atoms with Gasteiger partial charge in [-0.15, -0.1) is 0 Å². The third-order valence-electron chi connectivity index (χ3n) is 2.74. The van der Waals surface area contributed by atoms with Crippen LogP contribution in [0.5, 0.6) is 0 Å². The average Bonchev–Trinajstić information content (AvgIpc) is 3.12. The topological polar surface area (TPSA) is 75.1 Å². The SMILES string of the molecule is O=C(O)c1cnc2cc(NC3CC3)ncc2c1. The van der Waals surface area contributed by atoms with Crippen LogP contribution in [0.1, 0.15) is 23.2 Å². The molecule has 17 heavy (non-hydrogen) atoms. The molecule has 1 aliphatic rings. The van der Waals surface area contributed by atoms with Crippen LogP contribution < -0.4 is 5.32 Å². The molecule has 0 aliphatic heterocycles. The molecule has 0 aromatic carbocycles. The number of fused-ring (bicyclic) bond motifs is 1. The van der Waals surface area contributed by atoms with E-state index in [1.54, 1.807) is 12.3 Å².